The molecule has 0 nitrogen and oxygen atoms in total. The summed E-state index contributed by atoms with van der Waals surface area (Å²) in [5.41, 5.74) is 0. The van der Waals surface area contributed by atoms with E-state index in [1.165, 1.54) is 0 Å². The van der Waals surface area contributed by atoms with Crippen LogP contribution in [0.2, 0.25) is 0 Å². The minimum absolute atomic E-state index is 0.166. The van der Waals surface area contributed by atoms with E-state index in [0.29, 0.717) is 6.42 Å². The third kappa shape index (κ3) is 7.64. The fraction of sp³-hybridized carbons (Fsp3) is 0.333. The van der Waals surface area contributed by atoms with Gasteiger partial charge in [-0.05, 0) is 6.42 Å². The molecule has 0 N–H and O–H groups in total. The molecule has 0 aliphatic heterocycles. The SMILES string of the molecule is CCCCC(Cl)CS(F)(F)(F)(F)c1c(F)c(F)c(F)c(F)c1F.Fc1c(F)c(F)c(S(F)(F)(F)(F)Cl)c(F)c1F. The Morgan fingerprint density at radius 2 is 0.800 bits per heavy atom. The van der Waals surface area contributed by atoms with Crippen LogP contribution in [0.1, 0.15) is 26.2 Å². The molecule has 0 aromatic heterocycles. The molecule has 1 atom stereocenters. The maximum atomic E-state index is 14.0. The molecular weight excluding hydrogens is 693 g/mol. The van der Waals surface area contributed by atoms with Crippen LogP contribution in [0.3, 0.4) is 0 Å². The first kappa shape index (κ1) is 36.5. The van der Waals surface area contributed by atoms with Gasteiger partial charge >= 0.3 is 0 Å². The second-order valence-electron chi connectivity index (χ2n) is 7.91. The molecule has 40 heavy (non-hydrogen) atoms. The van der Waals surface area contributed by atoms with Crippen LogP contribution in [-0.4, -0.2) is 11.1 Å². The fourth-order valence-corrected chi connectivity index (χ4v) is 7.08. The Balaban J connectivity index is 0.000000418. The topological polar surface area (TPSA) is 0 Å². The summed E-state index contributed by atoms with van der Waals surface area (Å²) in [7, 11) is -16.4. The van der Waals surface area contributed by atoms with Crippen LogP contribution in [-0.2, 0) is 0 Å². The largest absolute Gasteiger partial charge is 0.259 e. The maximum absolute atomic E-state index is 14.0. The first-order valence-electron chi connectivity index (χ1n) is 9.72. The molecule has 236 valence electrons. The molecule has 0 aliphatic carbocycles. The Labute approximate surface area is 221 Å². The third-order valence-corrected chi connectivity index (χ3v) is 9.05. The van der Waals surface area contributed by atoms with Crippen LogP contribution in [0.25, 0.3) is 0 Å². The molecule has 0 bridgehead atoms. The van der Waals surface area contributed by atoms with E-state index in [-0.39, 0.29) is 12.8 Å². The van der Waals surface area contributed by atoms with Crippen LogP contribution in [0.5, 0.6) is 0 Å². The summed E-state index contributed by atoms with van der Waals surface area (Å²) >= 11 is 5.35. The van der Waals surface area contributed by atoms with Crippen LogP contribution in [0.15, 0.2) is 9.79 Å². The number of hydrogen-bond acceptors (Lipinski definition) is 0. The second kappa shape index (κ2) is 9.75. The summed E-state index contributed by atoms with van der Waals surface area (Å²) in [6.45, 7) is 1.61. The summed E-state index contributed by atoms with van der Waals surface area (Å²) in [4.78, 5) is -6.99. The van der Waals surface area contributed by atoms with Gasteiger partial charge in [-0.1, -0.05) is 19.8 Å². The van der Waals surface area contributed by atoms with Gasteiger partial charge in [-0.3, -0.25) is 0 Å². The summed E-state index contributed by atoms with van der Waals surface area (Å²) in [5.74, 6) is -33.0. The number of hydrogen-bond donors (Lipinski definition) is 0. The van der Waals surface area contributed by atoms with Crippen LogP contribution < -0.4 is 0 Å². The van der Waals surface area contributed by atoms with Crippen molar-refractivity contribution in [1.29, 1.82) is 0 Å². The summed E-state index contributed by atoms with van der Waals surface area (Å²) in [5, 5.41) is -1.91. The third-order valence-electron chi connectivity index (χ3n) is 4.56. The van der Waals surface area contributed by atoms with Crippen molar-refractivity contribution in [3.63, 3.8) is 0 Å². The Hall–Kier alpha value is -1.54. The summed E-state index contributed by atoms with van der Waals surface area (Å²) < 4.78 is 234. The molecule has 0 saturated carbocycles. The van der Waals surface area contributed by atoms with Crippen LogP contribution >= 0.6 is 41.2 Å². The van der Waals surface area contributed by atoms with Crippen molar-refractivity contribution in [2.24, 2.45) is 0 Å². The van der Waals surface area contributed by atoms with Crippen molar-refractivity contribution in [2.75, 3.05) is 5.75 Å². The molecule has 0 radical (unpaired) electrons. The fourth-order valence-electron chi connectivity index (χ4n) is 2.86. The Bertz CT molecular complexity index is 1280. The Kier molecular flexibility index (Phi) is 8.89. The van der Waals surface area contributed by atoms with E-state index >= 15 is 0 Å². The highest BCUT2D eigenvalue weighted by atomic mass is 35.7. The second-order valence-corrected chi connectivity index (χ2v) is 16.0. The predicted molar refractivity (Wildman–Crippen MR) is 113 cm³/mol. The van der Waals surface area contributed by atoms with Crippen molar-refractivity contribution in [3.05, 3.63) is 58.2 Å². The van der Waals surface area contributed by atoms with Gasteiger partial charge in [0.25, 0.3) is 9.05 Å². The van der Waals surface area contributed by atoms with Crippen molar-refractivity contribution in [2.45, 2.75) is 41.4 Å². The maximum Gasteiger partial charge on any atom is 0.259 e. The quantitative estimate of drug-likeness (QED) is 0.116. The van der Waals surface area contributed by atoms with E-state index in [9.17, 15) is 75.0 Å². The zero-order valence-corrected chi connectivity index (χ0v) is 21.9. The molecule has 22 heteroatoms. The van der Waals surface area contributed by atoms with Gasteiger partial charge in [0.15, 0.2) is 66.2 Å². The highest BCUT2D eigenvalue weighted by molar-refractivity contribution is 8.65. The summed E-state index contributed by atoms with van der Waals surface area (Å²) in [6.07, 6.45) is 0.244. The molecule has 0 fully saturated rings. The van der Waals surface area contributed by atoms with E-state index in [4.69, 9.17) is 11.6 Å². The van der Waals surface area contributed by atoms with Gasteiger partial charge in [0.1, 0.15) is 0 Å². The molecular formula is C18H12Cl2F18S2. The van der Waals surface area contributed by atoms with Gasteiger partial charge in [-0.2, -0.15) is 0 Å². The highest BCUT2D eigenvalue weighted by Gasteiger charge is 2.69. The first-order chi connectivity index (χ1) is 17.3. The lowest BCUT2D eigenvalue weighted by molar-refractivity contribution is 0.338. The zero-order chi connectivity index (χ0) is 32.2. The number of benzene rings is 2. The number of halogens is 20. The molecule has 2 rings (SSSR count). The van der Waals surface area contributed by atoms with E-state index in [2.05, 4.69) is 10.7 Å². The van der Waals surface area contributed by atoms with E-state index in [0.717, 1.165) is 0 Å². The van der Waals surface area contributed by atoms with Gasteiger partial charge in [0.05, 0.1) is 5.75 Å². The van der Waals surface area contributed by atoms with Crippen LogP contribution in [0.4, 0.5) is 75.0 Å². The molecule has 0 aliphatic rings. The lowest BCUT2D eigenvalue weighted by Gasteiger charge is -2.50. The number of rotatable bonds is 7. The average Bonchev–Trinajstić information content (AvgIpc) is 2.74. The molecule has 0 heterocycles. The zero-order valence-electron chi connectivity index (χ0n) is 18.8. The van der Waals surface area contributed by atoms with E-state index in [1.54, 1.807) is 6.92 Å². The van der Waals surface area contributed by atoms with Crippen molar-refractivity contribution < 1.29 is 75.0 Å². The molecule has 2 aromatic rings. The normalized spacial score (nSPS) is 16.7. The highest BCUT2D eigenvalue weighted by Crippen LogP contribution is 3.05. The monoisotopic (exact) mass is 704 g/mol. The van der Waals surface area contributed by atoms with Gasteiger partial charge in [0, 0.05) is 16.1 Å². The molecule has 2 aromatic carbocycles. The number of unbranched alkanes of at least 4 members (excludes halogenated alkanes) is 1. The molecule has 1 unspecified atom stereocenters. The molecule has 0 saturated heterocycles. The first-order valence-corrected chi connectivity index (χ1v) is 15.3. The predicted octanol–water partition coefficient (Wildman–Crippen LogP) is 12.3. The van der Waals surface area contributed by atoms with Crippen molar-refractivity contribution in [3.8, 4) is 0 Å². The average molecular weight is 705 g/mol. The molecule has 0 spiro atoms. The summed E-state index contributed by atoms with van der Waals surface area (Å²) in [6, 6.07) is 0. The van der Waals surface area contributed by atoms with E-state index in [1.807, 2.05) is 0 Å². The lowest BCUT2D eigenvalue weighted by Crippen LogP contribution is -2.28. The Morgan fingerprint density at radius 3 is 1.07 bits per heavy atom. The van der Waals surface area contributed by atoms with Crippen molar-refractivity contribution in [1.82, 2.24) is 0 Å². The lowest BCUT2D eigenvalue weighted by atomic mass is 10.2. The van der Waals surface area contributed by atoms with Gasteiger partial charge in [-0.15, -0.1) is 42.7 Å². The van der Waals surface area contributed by atoms with Crippen LogP contribution in [0, 0.1) is 58.2 Å². The van der Waals surface area contributed by atoms with Gasteiger partial charge in [-0.25, -0.2) is 43.9 Å². The van der Waals surface area contributed by atoms with Gasteiger partial charge < -0.3 is 0 Å². The minimum atomic E-state index is -10.0. The van der Waals surface area contributed by atoms with E-state index < -0.39 is 98.0 Å². The Morgan fingerprint density at radius 1 is 0.525 bits per heavy atom. The standard InChI is InChI=1S/C12H12ClF9S.C6ClF9S/c1-2-3-4-6(13)5-23(19,20,21,22)12-10(17)8(15)7(14)9(16)11(12)18;7-17(13,14,15,16)6-4(11)2(9)1(8)3(10)5(6)12/h6H,2-5H2,1H3;. The smallest absolute Gasteiger partial charge is 0.202 e. The minimum Gasteiger partial charge on any atom is -0.202 e. The number of alkyl halides is 1. The van der Waals surface area contributed by atoms with Gasteiger partial charge in [0.2, 0.25) is 11.6 Å². The van der Waals surface area contributed by atoms with Crippen molar-refractivity contribution >= 4 is 41.2 Å². The molecule has 0 amide bonds.